The number of hydrogen-bond acceptors (Lipinski definition) is 6. The Labute approximate surface area is 139 Å². The van der Waals surface area contributed by atoms with E-state index in [1.807, 2.05) is 30.3 Å². The maximum atomic E-state index is 12.4. The molecule has 0 saturated heterocycles. The monoisotopic (exact) mass is 326 g/mol. The van der Waals surface area contributed by atoms with Gasteiger partial charge in [-0.3, -0.25) is 0 Å². The SMILES string of the molecule is CCOC(=O)c1ccc(-c2ccccc2)c(C(=O)OCC)c1N=N. The second-order valence-corrected chi connectivity index (χ2v) is 4.80. The van der Waals surface area contributed by atoms with Gasteiger partial charge in [-0.15, -0.1) is 0 Å². The topological polar surface area (TPSA) is 88.8 Å². The molecule has 2 rings (SSSR count). The number of rotatable bonds is 6. The minimum absolute atomic E-state index is 0.0479. The molecule has 2 aromatic rings. The van der Waals surface area contributed by atoms with E-state index in [1.54, 1.807) is 19.9 Å². The molecule has 0 atom stereocenters. The second kappa shape index (κ2) is 8.01. The van der Waals surface area contributed by atoms with Crippen molar-refractivity contribution in [3.8, 4) is 11.1 Å². The van der Waals surface area contributed by atoms with E-state index in [-0.39, 0.29) is 30.0 Å². The third kappa shape index (κ3) is 3.48. The van der Waals surface area contributed by atoms with Gasteiger partial charge in [0.1, 0.15) is 5.69 Å². The summed E-state index contributed by atoms with van der Waals surface area (Å²) in [6, 6.07) is 12.3. The Morgan fingerprint density at radius 3 is 2.17 bits per heavy atom. The van der Waals surface area contributed by atoms with Gasteiger partial charge in [0.25, 0.3) is 0 Å². The van der Waals surface area contributed by atoms with Crippen molar-refractivity contribution in [1.29, 1.82) is 5.53 Å². The van der Waals surface area contributed by atoms with Crippen LogP contribution in [0.1, 0.15) is 34.6 Å². The van der Waals surface area contributed by atoms with Crippen molar-refractivity contribution in [1.82, 2.24) is 0 Å². The van der Waals surface area contributed by atoms with Crippen molar-refractivity contribution in [3.63, 3.8) is 0 Å². The van der Waals surface area contributed by atoms with Gasteiger partial charge in [-0.1, -0.05) is 36.4 Å². The molecule has 0 aromatic heterocycles. The van der Waals surface area contributed by atoms with Crippen LogP contribution in [0.25, 0.3) is 11.1 Å². The van der Waals surface area contributed by atoms with Gasteiger partial charge in [0.2, 0.25) is 0 Å². The van der Waals surface area contributed by atoms with Gasteiger partial charge in [-0.05, 0) is 31.0 Å². The van der Waals surface area contributed by atoms with E-state index >= 15 is 0 Å². The molecule has 124 valence electrons. The first-order valence-corrected chi connectivity index (χ1v) is 7.58. The molecule has 6 nitrogen and oxygen atoms in total. The summed E-state index contributed by atoms with van der Waals surface area (Å²) in [5.41, 5.74) is 8.86. The molecule has 0 heterocycles. The average Bonchev–Trinajstić information content (AvgIpc) is 2.61. The fraction of sp³-hybridized carbons (Fsp3) is 0.222. The van der Waals surface area contributed by atoms with E-state index in [4.69, 9.17) is 15.0 Å². The third-order valence-corrected chi connectivity index (χ3v) is 3.35. The fourth-order valence-electron chi connectivity index (χ4n) is 2.35. The quantitative estimate of drug-likeness (QED) is 0.630. The number of ether oxygens (including phenoxy) is 2. The van der Waals surface area contributed by atoms with Crippen molar-refractivity contribution >= 4 is 17.6 Å². The van der Waals surface area contributed by atoms with Gasteiger partial charge in [-0.2, -0.15) is 5.11 Å². The van der Waals surface area contributed by atoms with Crippen LogP contribution in [0.4, 0.5) is 5.69 Å². The summed E-state index contributed by atoms with van der Waals surface area (Å²) in [7, 11) is 0. The summed E-state index contributed by atoms with van der Waals surface area (Å²) in [5, 5.41) is 3.41. The fourth-order valence-corrected chi connectivity index (χ4v) is 2.35. The zero-order valence-electron chi connectivity index (χ0n) is 13.5. The second-order valence-electron chi connectivity index (χ2n) is 4.80. The molecule has 0 aliphatic heterocycles. The molecule has 0 bridgehead atoms. The van der Waals surface area contributed by atoms with Crippen molar-refractivity contribution in [2.45, 2.75) is 13.8 Å². The average molecular weight is 326 g/mol. The van der Waals surface area contributed by atoms with E-state index in [2.05, 4.69) is 5.11 Å². The molecule has 0 unspecified atom stereocenters. The van der Waals surface area contributed by atoms with Crippen LogP contribution in [0.15, 0.2) is 47.6 Å². The maximum absolute atomic E-state index is 12.4. The van der Waals surface area contributed by atoms with Gasteiger partial charge in [-0.25, -0.2) is 15.1 Å². The van der Waals surface area contributed by atoms with Crippen LogP contribution in [-0.4, -0.2) is 25.2 Å². The summed E-state index contributed by atoms with van der Waals surface area (Å²) >= 11 is 0. The Morgan fingerprint density at radius 2 is 1.58 bits per heavy atom. The lowest BCUT2D eigenvalue weighted by atomic mass is 9.95. The summed E-state index contributed by atoms with van der Waals surface area (Å²) in [5.74, 6) is -1.26. The van der Waals surface area contributed by atoms with Crippen molar-refractivity contribution in [2.75, 3.05) is 13.2 Å². The maximum Gasteiger partial charge on any atom is 0.341 e. The summed E-state index contributed by atoms with van der Waals surface area (Å²) in [4.78, 5) is 24.5. The Balaban J connectivity index is 2.70. The third-order valence-electron chi connectivity index (χ3n) is 3.35. The predicted molar refractivity (Wildman–Crippen MR) is 88.6 cm³/mol. The molecule has 0 spiro atoms. The van der Waals surface area contributed by atoms with E-state index < -0.39 is 11.9 Å². The van der Waals surface area contributed by atoms with Crippen LogP contribution >= 0.6 is 0 Å². The molecule has 0 saturated carbocycles. The number of carbonyl (C=O) groups is 2. The van der Waals surface area contributed by atoms with Gasteiger partial charge in [0.05, 0.1) is 24.3 Å². The molecule has 1 N–H and O–H groups in total. The molecule has 0 amide bonds. The zero-order chi connectivity index (χ0) is 17.5. The largest absolute Gasteiger partial charge is 0.462 e. The van der Waals surface area contributed by atoms with Crippen molar-refractivity contribution in [2.24, 2.45) is 5.11 Å². The van der Waals surface area contributed by atoms with Crippen LogP contribution in [0, 0.1) is 5.53 Å². The lowest BCUT2D eigenvalue weighted by Gasteiger charge is -2.14. The van der Waals surface area contributed by atoms with Gasteiger partial charge < -0.3 is 9.47 Å². The summed E-state index contributed by atoms with van der Waals surface area (Å²) in [6.45, 7) is 3.73. The first-order valence-electron chi connectivity index (χ1n) is 7.58. The van der Waals surface area contributed by atoms with Crippen LogP contribution in [-0.2, 0) is 9.47 Å². The number of benzene rings is 2. The van der Waals surface area contributed by atoms with Gasteiger partial charge in [0, 0.05) is 0 Å². The minimum Gasteiger partial charge on any atom is -0.462 e. The zero-order valence-corrected chi connectivity index (χ0v) is 13.5. The van der Waals surface area contributed by atoms with Crippen LogP contribution < -0.4 is 0 Å². The highest BCUT2D eigenvalue weighted by atomic mass is 16.5. The number of nitrogens with zero attached hydrogens (tertiary/aromatic N) is 1. The van der Waals surface area contributed by atoms with E-state index in [0.717, 1.165) is 5.56 Å². The highest BCUT2D eigenvalue weighted by molar-refractivity contribution is 6.08. The Bertz CT molecular complexity index is 757. The van der Waals surface area contributed by atoms with Gasteiger partial charge in [0.15, 0.2) is 0 Å². The lowest BCUT2D eigenvalue weighted by molar-refractivity contribution is 0.0527. The molecule has 2 aromatic carbocycles. The minimum atomic E-state index is -0.631. The van der Waals surface area contributed by atoms with Gasteiger partial charge >= 0.3 is 11.9 Å². The van der Waals surface area contributed by atoms with Crippen molar-refractivity contribution in [3.05, 3.63) is 53.6 Å². The molecule has 6 heteroatoms. The highest BCUT2D eigenvalue weighted by Crippen LogP contribution is 2.35. The normalized spacial score (nSPS) is 10.1. The molecule has 0 aliphatic rings. The molecule has 0 aliphatic carbocycles. The predicted octanol–water partition coefficient (Wildman–Crippen LogP) is 4.37. The van der Waals surface area contributed by atoms with Crippen molar-refractivity contribution < 1.29 is 19.1 Å². The number of hydrogen-bond donors (Lipinski definition) is 1. The Morgan fingerprint density at radius 1 is 0.958 bits per heavy atom. The standard InChI is InChI=1S/C18H18N2O4/c1-3-23-17(21)14-11-10-13(12-8-6-5-7-9-12)15(16(14)20-19)18(22)24-4-2/h5-11,19H,3-4H2,1-2H3. The van der Waals surface area contributed by atoms with Crippen LogP contribution in [0.3, 0.4) is 0 Å². The molecule has 0 radical (unpaired) electrons. The highest BCUT2D eigenvalue weighted by Gasteiger charge is 2.25. The van der Waals surface area contributed by atoms with E-state index in [9.17, 15) is 9.59 Å². The Kier molecular flexibility index (Phi) is 5.78. The van der Waals surface area contributed by atoms with Crippen LogP contribution in [0.5, 0.6) is 0 Å². The first-order chi connectivity index (χ1) is 11.6. The molecule has 0 fully saturated rings. The van der Waals surface area contributed by atoms with E-state index in [0.29, 0.717) is 5.56 Å². The summed E-state index contributed by atoms with van der Waals surface area (Å²) in [6.07, 6.45) is 0. The Hall–Kier alpha value is -3.02. The smallest absolute Gasteiger partial charge is 0.341 e. The number of esters is 2. The lowest BCUT2D eigenvalue weighted by Crippen LogP contribution is -2.11. The molecule has 24 heavy (non-hydrogen) atoms. The van der Waals surface area contributed by atoms with E-state index in [1.165, 1.54) is 6.07 Å². The molecular weight excluding hydrogens is 308 g/mol. The van der Waals surface area contributed by atoms with Crippen LogP contribution in [0.2, 0.25) is 0 Å². The molecular formula is C18H18N2O4. The number of nitrogens with one attached hydrogen (secondary N) is 1. The number of carbonyl (C=O) groups excluding carboxylic acids is 2. The first kappa shape index (κ1) is 17.3. The summed E-state index contributed by atoms with van der Waals surface area (Å²) < 4.78 is 10.1.